The van der Waals surface area contributed by atoms with Crippen LogP contribution in [0.5, 0.6) is 5.75 Å². The molecule has 1 aromatic heterocycles. The molecular formula is C46H57ClN10O4S. The van der Waals surface area contributed by atoms with Crippen LogP contribution in [0, 0.1) is 5.92 Å². The first-order valence-corrected chi connectivity index (χ1v) is 23.3. The van der Waals surface area contributed by atoms with Gasteiger partial charge < -0.3 is 34.4 Å². The van der Waals surface area contributed by atoms with E-state index in [-0.39, 0.29) is 17.7 Å². The lowest BCUT2D eigenvalue weighted by molar-refractivity contribution is -0.135. The molecule has 3 amide bonds. The second kappa shape index (κ2) is 19.9. The summed E-state index contributed by atoms with van der Waals surface area (Å²) < 4.78 is 7.91. The summed E-state index contributed by atoms with van der Waals surface area (Å²) >= 11 is 8.15. The maximum Gasteiger partial charge on any atom is 0.234 e. The van der Waals surface area contributed by atoms with Crippen molar-refractivity contribution in [3.05, 3.63) is 83.5 Å². The van der Waals surface area contributed by atoms with Crippen molar-refractivity contribution < 1.29 is 19.1 Å². The number of aromatic nitrogens is 2. The van der Waals surface area contributed by atoms with Gasteiger partial charge in [0.15, 0.2) is 5.82 Å². The van der Waals surface area contributed by atoms with Gasteiger partial charge in [0.05, 0.1) is 36.3 Å². The van der Waals surface area contributed by atoms with Gasteiger partial charge in [0.2, 0.25) is 23.7 Å². The topological polar surface area (TPSA) is 139 Å². The second-order valence-electron chi connectivity index (χ2n) is 16.6. The molecule has 16 heteroatoms. The number of hydrogen-bond acceptors (Lipinski definition) is 13. The Hall–Kier alpha value is -5.25. The zero-order chi connectivity index (χ0) is 43.2. The molecule has 0 bridgehead atoms. The van der Waals surface area contributed by atoms with Gasteiger partial charge in [-0.3, -0.25) is 24.6 Å². The van der Waals surface area contributed by atoms with Crippen molar-refractivity contribution in [2.24, 2.45) is 5.92 Å². The fourth-order valence-corrected chi connectivity index (χ4v) is 9.72. The number of imide groups is 1. The lowest BCUT2D eigenvalue weighted by Gasteiger charge is -2.43. The third-order valence-corrected chi connectivity index (χ3v) is 14.0. The summed E-state index contributed by atoms with van der Waals surface area (Å²) in [7, 11) is 3.68. The molecular weight excluding hydrogens is 824 g/mol. The minimum Gasteiger partial charge on any atom is -0.494 e. The van der Waals surface area contributed by atoms with Gasteiger partial charge in [-0.25, -0.2) is 4.98 Å². The van der Waals surface area contributed by atoms with Crippen molar-refractivity contribution >= 4 is 81.5 Å². The number of methoxy groups -OCH3 is 1. The van der Waals surface area contributed by atoms with Crippen molar-refractivity contribution in [2.45, 2.75) is 56.9 Å². The number of nitrogens with zero attached hydrogens (tertiary/aromatic N) is 7. The van der Waals surface area contributed by atoms with Crippen LogP contribution >= 0.6 is 23.5 Å². The van der Waals surface area contributed by atoms with E-state index in [4.69, 9.17) is 21.3 Å². The molecule has 14 nitrogen and oxygen atoms in total. The number of carbonyl (C=O) groups excluding carboxylic acids is 3. The predicted molar refractivity (Wildman–Crippen MR) is 249 cm³/mol. The van der Waals surface area contributed by atoms with E-state index in [1.54, 1.807) is 25.3 Å². The minimum absolute atomic E-state index is 0.191. The molecule has 328 valence electrons. The van der Waals surface area contributed by atoms with Gasteiger partial charge in [0.25, 0.3) is 0 Å². The number of hydrogen-bond donors (Lipinski definition) is 3. The van der Waals surface area contributed by atoms with Crippen molar-refractivity contribution in [3.8, 4) is 5.75 Å². The first-order valence-electron chi connectivity index (χ1n) is 21.7. The highest BCUT2D eigenvalue weighted by molar-refractivity contribution is 7.99. The molecule has 4 aliphatic heterocycles. The SMILES string of the molecule is COc1cc(N2CCC(N3CCN(C(=O)CC4CCN(c5ccc(C6CCC(=O)NC6=O)cc5)CC4)CC3)CC2)ccc1Nc1ncc(Cl)c(Nc2ccccc2N(C)SC)n1. The molecule has 1 atom stereocenters. The molecule has 3 N–H and O–H groups in total. The smallest absolute Gasteiger partial charge is 0.234 e. The van der Waals surface area contributed by atoms with E-state index in [0.717, 1.165) is 112 Å². The number of rotatable bonds is 13. The summed E-state index contributed by atoms with van der Waals surface area (Å²) in [6.45, 7) is 7.16. The molecule has 0 radical (unpaired) electrons. The molecule has 0 saturated carbocycles. The summed E-state index contributed by atoms with van der Waals surface area (Å²) in [6.07, 6.45) is 9.29. The fourth-order valence-electron chi connectivity index (χ4n) is 9.22. The summed E-state index contributed by atoms with van der Waals surface area (Å²) in [6, 6.07) is 22.9. The Morgan fingerprint density at radius 3 is 2.27 bits per heavy atom. The van der Waals surface area contributed by atoms with Crippen LogP contribution in [0.15, 0.2) is 72.9 Å². The van der Waals surface area contributed by atoms with Crippen LogP contribution in [0.3, 0.4) is 0 Å². The van der Waals surface area contributed by atoms with E-state index in [2.05, 4.69) is 69.1 Å². The van der Waals surface area contributed by atoms with Gasteiger partial charge >= 0.3 is 0 Å². The molecule has 8 rings (SSSR count). The molecule has 0 spiro atoms. The Morgan fingerprint density at radius 1 is 0.871 bits per heavy atom. The van der Waals surface area contributed by atoms with Crippen LogP contribution < -0.4 is 34.8 Å². The maximum absolute atomic E-state index is 13.5. The van der Waals surface area contributed by atoms with Crippen molar-refractivity contribution in [2.75, 3.05) is 97.5 Å². The summed E-state index contributed by atoms with van der Waals surface area (Å²) in [4.78, 5) is 55.9. The number of carbonyl (C=O) groups is 3. The van der Waals surface area contributed by atoms with Crippen molar-refractivity contribution in [1.82, 2.24) is 25.1 Å². The van der Waals surface area contributed by atoms with Crippen LogP contribution in [-0.2, 0) is 14.4 Å². The van der Waals surface area contributed by atoms with E-state index >= 15 is 0 Å². The highest BCUT2D eigenvalue weighted by Crippen LogP contribution is 2.36. The lowest BCUT2D eigenvalue weighted by atomic mass is 9.90. The van der Waals surface area contributed by atoms with Gasteiger partial charge in [0, 0.05) is 102 Å². The van der Waals surface area contributed by atoms with Crippen molar-refractivity contribution in [1.29, 1.82) is 0 Å². The molecule has 4 fully saturated rings. The van der Waals surface area contributed by atoms with Crippen LogP contribution in [0.2, 0.25) is 5.02 Å². The van der Waals surface area contributed by atoms with Gasteiger partial charge in [-0.05, 0) is 80.0 Å². The number of halogens is 1. The average molecular weight is 882 g/mol. The molecule has 1 unspecified atom stereocenters. The van der Waals surface area contributed by atoms with Crippen LogP contribution in [0.4, 0.5) is 40.2 Å². The number of anilines is 7. The first kappa shape index (κ1) is 43.4. The number of para-hydroxylation sites is 2. The molecule has 0 aliphatic carbocycles. The van der Waals surface area contributed by atoms with Crippen molar-refractivity contribution in [3.63, 3.8) is 0 Å². The van der Waals surface area contributed by atoms with Gasteiger partial charge in [-0.2, -0.15) is 4.98 Å². The third-order valence-electron chi connectivity index (χ3n) is 12.9. The number of piperidine rings is 3. The molecule has 5 heterocycles. The normalized spacial score (nSPS) is 19.3. The monoisotopic (exact) mass is 880 g/mol. The molecule has 4 saturated heterocycles. The molecule has 3 aromatic carbocycles. The summed E-state index contributed by atoms with van der Waals surface area (Å²) in [5.74, 6) is 1.63. The first-order chi connectivity index (χ1) is 30.1. The minimum atomic E-state index is -0.267. The quantitative estimate of drug-likeness (QED) is 0.0918. The Balaban J connectivity index is 0.772. The summed E-state index contributed by atoms with van der Waals surface area (Å²) in [5.41, 5.74) is 5.86. The van der Waals surface area contributed by atoms with Crippen LogP contribution in [-0.4, -0.2) is 116 Å². The number of nitrogens with one attached hydrogen (secondary N) is 3. The van der Waals surface area contributed by atoms with E-state index in [1.807, 2.05) is 55.8 Å². The van der Waals surface area contributed by atoms with E-state index < -0.39 is 0 Å². The lowest BCUT2D eigenvalue weighted by Crippen LogP contribution is -2.54. The Kier molecular flexibility index (Phi) is 13.9. The van der Waals surface area contributed by atoms with Gasteiger partial charge in [-0.15, -0.1) is 0 Å². The highest BCUT2D eigenvalue weighted by Gasteiger charge is 2.32. The van der Waals surface area contributed by atoms with Gasteiger partial charge in [-0.1, -0.05) is 47.8 Å². The molecule has 62 heavy (non-hydrogen) atoms. The molecule has 4 aromatic rings. The summed E-state index contributed by atoms with van der Waals surface area (Å²) in [5, 5.41) is 9.58. The number of amides is 3. The van der Waals surface area contributed by atoms with E-state index in [9.17, 15) is 14.4 Å². The predicted octanol–water partition coefficient (Wildman–Crippen LogP) is 7.28. The standard InChI is InChI=1S/C46H57ClN10O4S/c1-53(62-3)40-7-5-4-6-38(40)49-44-37(47)30-48-46(52-44)50-39-14-12-35(29-41(39)61-2)55-22-18-34(19-23-55)56-24-26-57(27-25-56)43(59)28-31-16-20-54(21-17-31)33-10-8-32(9-11-33)36-13-15-42(58)51-45(36)60/h4-12,14,29-31,34,36H,13,15-28H2,1-3H3,(H,51,58,60)(H2,48,49,50,52). The Labute approximate surface area is 373 Å². The number of ether oxygens (including phenoxy) is 1. The Morgan fingerprint density at radius 2 is 1.56 bits per heavy atom. The van der Waals surface area contributed by atoms with Gasteiger partial charge in [0.1, 0.15) is 10.8 Å². The van der Waals surface area contributed by atoms with E-state index in [1.165, 1.54) is 0 Å². The van der Waals surface area contributed by atoms with Crippen LogP contribution in [0.25, 0.3) is 0 Å². The molecule has 4 aliphatic rings. The fraction of sp³-hybridized carbons (Fsp3) is 0.457. The second-order valence-corrected chi connectivity index (χ2v) is 17.9. The largest absolute Gasteiger partial charge is 0.494 e. The zero-order valence-electron chi connectivity index (χ0n) is 35.8. The Bertz CT molecular complexity index is 2210. The number of piperazine rings is 1. The van der Waals surface area contributed by atoms with E-state index in [0.29, 0.717) is 59.7 Å². The maximum atomic E-state index is 13.5. The highest BCUT2D eigenvalue weighted by atomic mass is 35.5. The number of benzene rings is 3. The average Bonchev–Trinajstić information content (AvgIpc) is 3.30. The third kappa shape index (κ3) is 10.2. The zero-order valence-corrected chi connectivity index (χ0v) is 37.4. The van der Waals surface area contributed by atoms with Crippen LogP contribution in [0.1, 0.15) is 56.4 Å².